The van der Waals surface area contributed by atoms with Crippen LogP contribution in [0.15, 0.2) is 48.7 Å². The van der Waals surface area contributed by atoms with E-state index in [2.05, 4.69) is 4.98 Å². The minimum atomic E-state index is -2.18. The van der Waals surface area contributed by atoms with E-state index in [1.54, 1.807) is 24.3 Å². The maximum Gasteiger partial charge on any atom is 0.200 e. The highest BCUT2D eigenvalue weighted by molar-refractivity contribution is 5.68. The van der Waals surface area contributed by atoms with E-state index >= 15 is 0 Å². The number of aromatic nitrogens is 1. The van der Waals surface area contributed by atoms with Gasteiger partial charge in [0.1, 0.15) is 0 Å². The summed E-state index contributed by atoms with van der Waals surface area (Å²) in [5.74, 6) is -9.90. The van der Waals surface area contributed by atoms with Gasteiger partial charge >= 0.3 is 0 Å². The molecule has 3 aromatic rings. The summed E-state index contributed by atoms with van der Waals surface area (Å²) in [6.07, 6.45) is 1.07. The normalized spacial score (nSPS) is 10.8. The fourth-order valence-corrected chi connectivity index (χ4v) is 2.18. The van der Waals surface area contributed by atoms with Gasteiger partial charge in [-0.3, -0.25) is 4.98 Å². The predicted molar refractivity (Wildman–Crippen MR) is 74.9 cm³/mol. The van der Waals surface area contributed by atoms with Crippen LogP contribution in [0.4, 0.5) is 22.0 Å². The molecule has 3 rings (SSSR count). The predicted octanol–water partition coefficient (Wildman–Crippen LogP) is 5.11. The highest BCUT2D eigenvalue weighted by Gasteiger charge is 2.26. The topological polar surface area (TPSA) is 12.9 Å². The molecule has 116 valence electrons. The molecule has 2 aromatic carbocycles. The summed E-state index contributed by atoms with van der Waals surface area (Å²) in [4.78, 5) is 4.02. The number of nitrogens with zero attached hydrogens (tertiary/aromatic N) is 1. The van der Waals surface area contributed by atoms with Crippen molar-refractivity contribution in [3.63, 3.8) is 0 Å². The number of hydrogen-bond donors (Lipinski definition) is 0. The Hall–Kier alpha value is -2.76. The molecular formula is C17H8F5N. The minimum Gasteiger partial charge on any atom is -0.256 e. The lowest BCUT2D eigenvalue weighted by molar-refractivity contribution is 0.381. The molecule has 1 heterocycles. The number of rotatable bonds is 2. The monoisotopic (exact) mass is 321 g/mol. The van der Waals surface area contributed by atoms with Crippen molar-refractivity contribution in [3.05, 3.63) is 77.7 Å². The van der Waals surface area contributed by atoms with E-state index in [1.165, 1.54) is 12.1 Å². The summed E-state index contributed by atoms with van der Waals surface area (Å²) < 4.78 is 67.1. The molecule has 0 spiro atoms. The van der Waals surface area contributed by atoms with E-state index in [1.807, 2.05) is 6.07 Å². The number of benzene rings is 2. The summed E-state index contributed by atoms with van der Waals surface area (Å²) >= 11 is 0. The van der Waals surface area contributed by atoms with Crippen LogP contribution in [0, 0.1) is 29.1 Å². The zero-order chi connectivity index (χ0) is 16.6. The van der Waals surface area contributed by atoms with Crippen LogP contribution in [0.3, 0.4) is 0 Å². The molecule has 6 heteroatoms. The fraction of sp³-hybridized carbons (Fsp3) is 0. The Morgan fingerprint density at radius 1 is 0.565 bits per heavy atom. The van der Waals surface area contributed by atoms with Crippen molar-refractivity contribution in [2.75, 3.05) is 0 Å². The summed E-state index contributed by atoms with van der Waals surface area (Å²) in [6, 6.07) is 11.6. The van der Waals surface area contributed by atoms with Gasteiger partial charge in [0.05, 0.1) is 11.3 Å². The van der Waals surface area contributed by atoms with Crippen molar-refractivity contribution < 1.29 is 22.0 Å². The first-order valence-electron chi connectivity index (χ1n) is 6.54. The average Bonchev–Trinajstić information content (AvgIpc) is 2.60. The third kappa shape index (κ3) is 2.56. The van der Waals surface area contributed by atoms with Gasteiger partial charge in [-0.15, -0.1) is 0 Å². The van der Waals surface area contributed by atoms with Gasteiger partial charge in [0.25, 0.3) is 0 Å². The largest absolute Gasteiger partial charge is 0.256 e. The molecule has 0 atom stereocenters. The van der Waals surface area contributed by atoms with Crippen molar-refractivity contribution in [1.29, 1.82) is 0 Å². The number of halogens is 5. The molecule has 23 heavy (non-hydrogen) atoms. The van der Waals surface area contributed by atoms with Crippen molar-refractivity contribution in [2.45, 2.75) is 0 Å². The zero-order valence-corrected chi connectivity index (χ0v) is 11.5. The quantitative estimate of drug-likeness (QED) is 0.363. The van der Waals surface area contributed by atoms with Crippen molar-refractivity contribution >= 4 is 0 Å². The molecule has 1 aromatic heterocycles. The SMILES string of the molecule is Fc1c(F)c(F)c(-c2ccc(-c3ccccc3)nc2)c(F)c1F. The fourth-order valence-electron chi connectivity index (χ4n) is 2.18. The van der Waals surface area contributed by atoms with Crippen LogP contribution in [0.5, 0.6) is 0 Å². The van der Waals surface area contributed by atoms with Crippen molar-refractivity contribution in [3.8, 4) is 22.4 Å². The molecule has 0 saturated carbocycles. The summed E-state index contributed by atoms with van der Waals surface area (Å²) in [6.45, 7) is 0. The van der Waals surface area contributed by atoms with Crippen LogP contribution in [0.25, 0.3) is 22.4 Å². The molecular weight excluding hydrogens is 313 g/mol. The zero-order valence-electron chi connectivity index (χ0n) is 11.5. The average molecular weight is 321 g/mol. The first-order chi connectivity index (χ1) is 11.0. The Morgan fingerprint density at radius 3 is 1.65 bits per heavy atom. The molecule has 1 nitrogen and oxygen atoms in total. The lowest BCUT2D eigenvalue weighted by Gasteiger charge is -2.09. The number of hydrogen-bond acceptors (Lipinski definition) is 1. The third-order valence-corrected chi connectivity index (χ3v) is 3.33. The highest BCUT2D eigenvalue weighted by atomic mass is 19.2. The first-order valence-corrected chi connectivity index (χ1v) is 6.54. The second-order valence-electron chi connectivity index (χ2n) is 4.74. The van der Waals surface area contributed by atoms with Gasteiger partial charge in [-0.25, -0.2) is 22.0 Å². The highest BCUT2D eigenvalue weighted by Crippen LogP contribution is 2.31. The molecule has 0 saturated heterocycles. The van der Waals surface area contributed by atoms with Crippen molar-refractivity contribution in [1.82, 2.24) is 4.98 Å². The Labute approximate surface area is 128 Å². The van der Waals surface area contributed by atoms with Gasteiger partial charge < -0.3 is 0 Å². The third-order valence-electron chi connectivity index (χ3n) is 3.33. The van der Waals surface area contributed by atoms with Gasteiger partial charge in [0, 0.05) is 17.3 Å². The van der Waals surface area contributed by atoms with Gasteiger partial charge in [0.2, 0.25) is 5.82 Å². The summed E-state index contributed by atoms with van der Waals surface area (Å²) in [5.41, 5.74) is 0.0840. The van der Waals surface area contributed by atoms with E-state index in [9.17, 15) is 22.0 Å². The Bertz CT molecular complexity index is 831. The minimum absolute atomic E-state index is 0.197. The second-order valence-corrected chi connectivity index (χ2v) is 4.74. The van der Waals surface area contributed by atoms with Gasteiger partial charge in [-0.2, -0.15) is 0 Å². The molecule has 0 N–H and O–H groups in total. The standard InChI is InChI=1S/C17H8F5N/c18-13-12(14(19)16(21)17(22)15(13)20)10-6-7-11(23-8-10)9-4-2-1-3-5-9/h1-8H. The van der Waals surface area contributed by atoms with Gasteiger partial charge in [-0.05, 0) is 6.07 Å². The molecule has 0 fully saturated rings. The van der Waals surface area contributed by atoms with Crippen LogP contribution in [0.1, 0.15) is 0 Å². The molecule has 0 amide bonds. The Kier molecular flexibility index (Phi) is 3.82. The first kappa shape index (κ1) is 15.1. The molecule has 0 aliphatic carbocycles. The van der Waals surface area contributed by atoms with Crippen LogP contribution < -0.4 is 0 Å². The van der Waals surface area contributed by atoms with E-state index in [0.717, 1.165) is 11.8 Å². The van der Waals surface area contributed by atoms with E-state index in [4.69, 9.17) is 0 Å². The van der Waals surface area contributed by atoms with Gasteiger partial charge in [0.15, 0.2) is 23.3 Å². The van der Waals surface area contributed by atoms with E-state index < -0.39 is 34.6 Å². The maximum absolute atomic E-state index is 13.8. The van der Waals surface area contributed by atoms with E-state index in [-0.39, 0.29) is 5.56 Å². The van der Waals surface area contributed by atoms with E-state index in [0.29, 0.717) is 5.69 Å². The Morgan fingerprint density at radius 2 is 1.13 bits per heavy atom. The van der Waals surface area contributed by atoms with Crippen LogP contribution in [-0.4, -0.2) is 4.98 Å². The molecule has 0 unspecified atom stereocenters. The molecule has 0 radical (unpaired) electrons. The smallest absolute Gasteiger partial charge is 0.200 e. The summed E-state index contributed by atoms with van der Waals surface area (Å²) in [7, 11) is 0. The second kappa shape index (κ2) is 5.79. The Balaban J connectivity index is 2.11. The molecule has 0 aliphatic rings. The van der Waals surface area contributed by atoms with Crippen LogP contribution in [-0.2, 0) is 0 Å². The van der Waals surface area contributed by atoms with Crippen molar-refractivity contribution in [2.24, 2.45) is 0 Å². The lowest BCUT2D eigenvalue weighted by Crippen LogP contribution is -2.04. The molecule has 0 aliphatic heterocycles. The number of pyridine rings is 1. The maximum atomic E-state index is 13.8. The summed E-state index contributed by atoms with van der Waals surface area (Å²) in [5, 5.41) is 0. The van der Waals surface area contributed by atoms with Crippen LogP contribution in [0.2, 0.25) is 0 Å². The van der Waals surface area contributed by atoms with Crippen LogP contribution >= 0.6 is 0 Å². The van der Waals surface area contributed by atoms with Gasteiger partial charge in [-0.1, -0.05) is 36.4 Å². The molecule has 0 bridgehead atoms. The lowest BCUT2D eigenvalue weighted by atomic mass is 10.0.